The van der Waals surface area contributed by atoms with Crippen molar-refractivity contribution in [3.05, 3.63) is 97.2 Å². The lowest BCUT2D eigenvalue weighted by atomic mass is 9.99. The molecule has 1 rings (SSSR count). The summed E-state index contributed by atoms with van der Waals surface area (Å²) in [4.78, 5) is 13.1. The summed E-state index contributed by atoms with van der Waals surface area (Å²) in [5, 5.41) is 54.5. The van der Waals surface area contributed by atoms with Gasteiger partial charge in [0.25, 0.3) is 0 Å². The van der Waals surface area contributed by atoms with Crippen LogP contribution in [0.3, 0.4) is 0 Å². The predicted molar refractivity (Wildman–Crippen MR) is 299 cm³/mol. The van der Waals surface area contributed by atoms with Gasteiger partial charge in [-0.05, 0) is 77.0 Å². The van der Waals surface area contributed by atoms with Gasteiger partial charge in [-0.3, -0.25) is 4.79 Å². The number of hydrogen-bond donors (Lipinski definition) is 6. The second-order valence-corrected chi connectivity index (χ2v) is 19.7. The molecule has 0 radical (unpaired) electrons. The number of carbonyl (C=O) groups excluding carboxylic acids is 1. The molecule has 0 aromatic heterocycles. The van der Waals surface area contributed by atoms with E-state index < -0.39 is 49.5 Å². The zero-order valence-corrected chi connectivity index (χ0v) is 45.2. The van der Waals surface area contributed by atoms with Gasteiger partial charge in [-0.25, -0.2) is 0 Å². The average Bonchev–Trinajstić information content (AvgIpc) is 3.37. The molecule has 71 heavy (non-hydrogen) atoms. The van der Waals surface area contributed by atoms with Crippen molar-refractivity contribution in [2.45, 2.75) is 275 Å². The maximum Gasteiger partial charge on any atom is 0.220 e. The number of nitrogens with one attached hydrogen (secondary N) is 1. The first-order valence-corrected chi connectivity index (χ1v) is 29.0. The van der Waals surface area contributed by atoms with Gasteiger partial charge >= 0.3 is 0 Å². The second-order valence-electron chi connectivity index (χ2n) is 19.7. The smallest absolute Gasteiger partial charge is 0.220 e. The zero-order valence-electron chi connectivity index (χ0n) is 45.2. The molecule has 0 aromatic rings. The molecule has 408 valence electrons. The minimum Gasteiger partial charge on any atom is -0.394 e. The summed E-state index contributed by atoms with van der Waals surface area (Å²) in [5.41, 5.74) is 0. The Morgan fingerprint density at radius 1 is 0.493 bits per heavy atom. The predicted octanol–water partition coefficient (Wildman–Crippen LogP) is 14.4. The molecule has 1 fully saturated rings. The van der Waals surface area contributed by atoms with E-state index >= 15 is 0 Å². The first kappa shape index (κ1) is 66.1. The van der Waals surface area contributed by atoms with Crippen molar-refractivity contribution in [1.82, 2.24) is 5.32 Å². The van der Waals surface area contributed by atoms with Crippen LogP contribution in [0.25, 0.3) is 0 Å². The number of allylic oxidation sites excluding steroid dienone is 15. The molecule has 1 saturated heterocycles. The molecule has 6 N–H and O–H groups in total. The van der Waals surface area contributed by atoms with Crippen LogP contribution < -0.4 is 5.32 Å². The van der Waals surface area contributed by atoms with E-state index in [1.807, 2.05) is 6.08 Å². The Bertz CT molecular complexity index is 1430. The Balaban J connectivity index is 2.25. The number of ether oxygens (including phenoxy) is 2. The number of aliphatic hydroxyl groups excluding tert-OH is 5. The van der Waals surface area contributed by atoms with Crippen molar-refractivity contribution in [1.29, 1.82) is 0 Å². The van der Waals surface area contributed by atoms with Crippen LogP contribution >= 0.6 is 0 Å². The van der Waals surface area contributed by atoms with Gasteiger partial charge in [-0.15, -0.1) is 0 Å². The Labute approximate surface area is 434 Å². The quantitative estimate of drug-likeness (QED) is 0.0261. The third-order valence-corrected chi connectivity index (χ3v) is 13.2. The van der Waals surface area contributed by atoms with Crippen molar-refractivity contribution in [2.24, 2.45) is 0 Å². The average molecular weight is 995 g/mol. The zero-order chi connectivity index (χ0) is 51.5. The van der Waals surface area contributed by atoms with Gasteiger partial charge in [0.15, 0.2) is 6.29 Å². The number of unbranched alkanes of at least 4 members (excludes halogenated alkanes) is 24. The standard InChI is InChI=1S/C62H107NO8/c1-3-5-7-9-11-13-15-17-19-21-23-24-25-26-27-28-29-30-31-32-34-36-38-40-42-44-46-48-50-52-58(66)63-55(54-70-62-61(69)60(68)59(67)57(53-64)71-62)56(65)51-49-47-45-43-41-39-37-35-33-22-20-18-16-14-12-10-8-6-4-2/h5,7,11,13,17,19,23-24,26-27,29-30,32,34,49,51,55-57,59-62,64-65,67-69H,3-4,6,8-10,12,14-16,18,20-22,25,28,31,33,35-48,50,52-54H2,1-2H3,(H,63,66)/b7-5-,13-11-,19-17-,24-23-,27-26-,30-29-,34-32-,51-49+. The molecular weight excluding hydrogens is 887 g/mol. The summed E-state index contributed by atoms with van der Waals surface area (Å²) in [6, 6.07) is -0.818. The van der Waals surface area contributed by atoms with Gasteiger partial charge < -0.3 is 40.3 Å². The molecular formula is C62H107NO8. The highest BCUT2D eigenvalue weighted by Crippen LogP contribution is 2.23. The van der Waals surface area contributed by atoms with Gasteiger partial charge in [-0.1, -0.05) is 246 Å². The molecule has 1 aliphatic rings. The number of amides is 1. The van der Waals surface area contributed by atoms with Gasteiger partial charge in [0, 0.05) is 6.42 Å². The third-order valence-electron chi connectivity index (χ3n) is 13.2. The van der Waals surface area contributed by atoms with E-state index in [4.69, 9.17) is 9.47 Å². The molecule has 1 aliphatic heterocycles. The highest BCUT2D eigenvalue weighted by Gasteiger charge is 2.44. The molecule has 7 atom stereocenters. The van der Waals surface area contributed by atoms with Crippen LogP contribution in [0.1, 0.15) is 232 Å². The maximum absolute atomic E-state index is 13.1. The van der Waals surface area contributed by atoms with E-state index in [-0.39, 0.29) is 12.5 Å². The van der Waals surface area contributed by atoms with Crippen LogP contribution in [0.4, 0.5) is 0 Å². The fraction of sp³-hybridized carbons (Fsp3) is 0.726. The van der Waals surface area contributed by atoms with Gasteiger partial charge in [0.05, 0.1) is 25.4 Å². The van der Waals surface area contributed by atoms with Crippen LogP contribution in [0.2, 0.25) is 0 Å². The fourth-order valence-corrected chi connectivity index (χ4v) is 8.61. The van der Waals surface area contributed by atoms with E-state index in [9.17, 15) is 30.3 Å². The maximum atomic E-state index is 13.1. The molecule has 1 heterocycles. The number of aliphatic hydroxyl groups is 5. The molecule has 0 aromatic carbocycles. The van der Waals surface area contributed by atoms with Gasteiger partial charge in [0.1, 0.15) is 24.4 Å². The van der Waals surface area contributed by atoms with Crippen molar-refractivity contribution in [3.8, 4) is 0 Å². The molecule has 9 nitrogen and oxygen atoms in total. The third kappa shape index (κ3) is 40.2. The van der Waals surface area contributed by atoms with E-state index in [1.165, 1.54) is 116 Å². The van der Waals surface area contributed by atoms with E-state index in [0.29, 0.717) is 6.42 Å². The molecule has 0 spiro atoms. The second kappa shape index (κ2) is 50.6. The Hall–Kier alpha value is -2.89. The van der Waals surface area contributed by atoms with Crippen LogP contribution in [-0.4, -0.2) is 87.5 Å². The first-order valence-electron chi connectivity index (χ1n) is 29.0. The minimum atomic E-state index is -1.57. The van der Waals surface area contributed by atoms with E-state index in [2.05, 4.69) is 104 Å². The minimum absolute atomic E-state index is 0.191. The number of rotatable bonds is 48. The molecule has 1 amide bonds. The lowest BCUT2D eigenvalue weighted by Gasteiger charge is -2.40. The summed E-state index contributed by atoms with van der Waals surface area (Å²) in [5.74, 6) is -0.191. The molecule has 0 aliphatic carbocycles. The summed E-state index contributed by atoms with van der Waals surface area (Å²) in [6.07, 6.45) is 66.0. The van der Waals surface area contributed by atoms with Gasteiger partial charge in [0.2, 0.25) is 5.91 Å². The van der Waals surface area contributed by atoms with Crippen LogP contribution in [0.15, 0.2) is 97.2 Å². The lowest BCUT2D eigenvalue weighted by molar-refractivity contribution is -0.302. The summed E-state index contributed by atoms with van der Waals surface area (Å²) in [6.45, 7) is 3.66. The summed E-state index contributed by atoms with van der Waals surface area (Å²) >= 11 is 0. The molecule has 7 unspecified atom stereocenters. The van der Waals surface area contributed by atoms with Crippen molar-refractivity contribution in [2.75, 3.05) is 13.2 Å². The van der Waals surface area contributed by atoms with Crippen molar-refractivity contribution < 1.29 is 39.8 Å². The molecule has 0 bridgehead atoms. The summed E-state index contributed by atoms with van der Waals surface area (Å²) in [7, 11) is 0. The number of carbonyl (C=O) groups is 1. The Morgan fingerprint density at radius 3 is 1.30 bits per heavy atom. The highest BCUT2D eigenvalue weighted by molar-refractivity contribution is 5.76. The molecule has 0 saturated carbocycles. The summed E-state index contributed by atoms with van der Waals surface area (Å²) < 4.78 is 11.3. The number of hydrogen-bond acceptors (Lipinski definition) is 8. The van der Waals surface area contributed by atoms with Gasteiger partial charge in [-0.2, -0.15) is 0 Å². The first-order chi connectivity index (χ1) is 34.8. The fourth-order valence-electron chi connectivity index (χ4n) is 8.61. The highest BCUT2D eigenvalue weighted by atomic mass is 16.7. The van der Waals surface area contributed by atoms with Crippen LogP contribution in [0, 0.1) is 0 Å². The Kier molecular flexibility index (Phi) is 47.2. The van der Waals surface area contributed by atoms with Crippen LogP contribution in [0.5, 0.6) is 0 Å². The van der Waals surface area contributed by atoms with E-state index in [0.717, 1.165) is 96.3 Å². The van der Waals surface area contributed by atoms with E-state index in [1.54, 1.807) is 6.08 Å². The van der Waals surface area contributed by atoms with Crippen molar-refractivity contribution in [3.63, 3.8) is 0 Å². The largest absolute Gasteiger partial charge is 0.394 e. The van der Waals surface area contributed by atoms with Crippen LogP contribution in [-0.2, 0) is 14.3 Å². The van der Waals surface area contributed by atoms with Crippen molar-refractivity contribution >= 4 is 5.91 Å². The SMILES string of the molecule is CC/C=C\C/C=C\C/C=C\C/C=C\C/C=C\C/C=C\C/C=C\CCCCCCCCCC(=O)NC(COC1OC(CO)C(O)C(O)C1O)C(O)/C=C/CCCCCCCCCCCCCCCCCCC. The lowest BCUT2D eigenvalue weighted by Crippen LogP contribution is -2.60. The molecule has 9 heteroatoms. The Morgan fingerprint density at radius 2 is 0.873 bits per heavy atom. The monoisotopic (exact) mass is 994 g/mol. The topological polar surface area (TPSA) is 149 Å². The normalized spacial score (nSPS) is 20.0.